The standard InChI is InChI=1S/C18H24N4O3S/c23-18(19-11-14-3-1-9-24-14)13-5-7-22(8-6-13)12-16-20-17(21-25-16)15-4-2-10-26-15/h2,4,10,13-14H,1,3,5-9,11-12H2,(H,19,23). The molecule has 1 atom stereocenters. The van der Waals surface area contributed by atoms with E-state index < -0.39 is 0 Å². The van der Waals surface area contributed by atoms with Gasteiger partial charge in [0.15, 0.2) is 0 Å². The minimum atomic E-state index is 0.0945. The van der Waals surface area contributed by atoms with E-state index in [4.69, 9.17) is 9.26 Å². The van der Waals surface area contributed by atoms with Crippen molar-refractivity contribution >= 4 is 17.2 Å². The lowest BCUT2D eigenvalue weighted by atomic mass is 9.96. The van der Waals surface area contributed by atoms with Gasteiger partial charge in [0.2, 0.25) is 17.6 Å². The van der Waals surface area contributed by atoms with Crippen LogP contribution in [0.15, 0.2) is 22.0 Å². The van der Waals surface area contributed by atoms with E-state index in [-0.39, 0.29) is 17.9 Å². The third-order valence-corrected chi connectivity index (χ3v) is 5.92. The van der Waals surface area contributed by atoms with E-state index in [0.29, 0.717) is 24.8 Å². The second-order valence-corrected chi connectivity index (χ2v) is 7.87. The minimum Gasteiger partial charge on any atom is -0.376 e. The fourth-order valence-electron chi connectivity index (χ4n) is 3.53. The van der Waals surface area contributed by atoms with E-state index in [9.17, 15) is 4.79 Å². The molecule has 2 fully saturated rings. The molecule has 1 amide bonds. The Kier molecular flexibility index (Phi) is 5.62. The van der Waals surface area contributed by atoms with Gasteiger partial charge in [0, 0.05) is 19.1 Å². The van der Waals surface area contributed by atoms with Gasteiger partial charge in [-0.2, -0.15) is 4.98 Å². The Bertz CT molecular complexity index is 704. The summed E-state index contributed by atoms with van der Waals surface area (Å²) in [5.74, 6) is 1.54. The summed E-state index contributed by atoms with van der Waals surface area (Å²) >= 11 is 1.60. The summed E-state index contributed by atoms with van der Waals surface area (Å²) in [6.07, 6.45) is 4.08. The first kappa shape index (κ1) is 17.6. The maximum Gasteiger partial charge on any atom is 0.241 e. The van der Waals surface area contributed by atoms with Crippen molar-refractivity contribution in [3.8, 4) is 10.7 Å². The zero-order chi connectivity index (χ0) is 17.8. The number of rotatable bonds is 6. The van der Waals surface area contributed by atoms with E-state index in [2.05, 4.69) is 20.4 Å². The lowest BCUT2D eigenvalue weighted by Gasteiger charge is -2.30. The molecule has 0 radical (unpaired) electrons. The second-order valence-electron chi connectivity index (χ2n) is 6.92. The molecular weight excluding hydrogens is 352 g/mol. The molecule has 2 aliphatic rings. The number of nitrogens with one attached hydrogen (secondary N) is 1. The molecule has 0 aliphatic carbocycles. The Labute approximate surface area is 156 Å². The summed E-state index contributed by atoms with van der Waals surface area (Å²) in [5.41, 5.74) is 0. The van der Waals surface area contributed by atoms with Gasteiger partial charge < -0.3 is 14.6 Å². The lowest BCUT2D eigenvalue weighted by Crippen LogP contribution is -2.42. The second kappa shape index (κ2) is 8.28. The third kappa shape index (κ3) is 4.31. The summed E-state index contributed by atoms with van der Waals surface area (Å²) in [5, 5.41) is 9.11. The molecule has 0 saturated carbocycles. The molecule has 2 aromatic rings. The number of piperidine rings is 1. The Balaban J connectivity index is 1.21. The molecule has 4 heterocycles. The Morgan fingerprint density at radius 2 is 2.23 bits per heavy atom. The van der Waals surface area contributed by atoms with Gasteiger partial charge in [0.25, 0.3) is 0 Å². The number of nitrogens with zero attached hydrogens (tertiary/aromatic N) is 3. The molecule has 26 heavy (non-hydrogen) atoms. The average molecular weight is 376 g/mol. The number of likely N-dealkylation sites (tertiary alicyclic amines) is 1. The highest BCUT2D eigenvalue weighted by Gasteiger charge is 2.27. The first-order chi connectivity index (χ1) is 12.8. The minimum absolute atomic E-state index is 0.0945. The van der Waals surface area contributed by atoms with Crippen molar-refractivity contribution in [1.82, 2.24) is 20.4 Å². The molecule has 2 aromatic heterocycles. The first-order valence-electron chi connectivity index (χ1n) is 9.26. The van der Waals surface area contributed by atoms with Crippen molar-refractivity contribution in [3.63, 3.8) is 0 Å². The third-order valence-electron chi connectivity index (χ3n) is 5.05. The topological polar surface area (TPSA) is 80.5 Å². The highest BCUT2D eigenvalue weighted by Crippen LogP contribution is 2.23. The Hall–Kier alpha value is -1.77. The number of amides is 1. The van der Waals surface area contributed by atoms with Gasteiger partial charge in [-0.15, -0.1) is 11.3 Å². The molecule has 0 aromatic carbocycles. The highest BCUT2D eigenvalue weighted by molar-refractivity contribution is 7.13. The fraction of sp³-hybridized carbons (Fsp3) is 0.611. The summed E-state index contributed by atoms with van der Waals surface area (Å²) in [6, 6.07) is 3.96. The Morgan fingerprint density at radius 3 is 2.96 bits per heavy atom. The van der Waals surface area contributed by atoms with Crippen LogP contribution in [0.1, 0.15) is 31.6 Å². The smallest absolute Gasteiger partial charge is 0.241 e. The molecule has 2 aliphatic heterocycles. The molecule has 1 N–H and O–H groups in total. The zero-order valence-corrected chi connectivity index (χ0v) is 15.5. The Morgan fingerprint density at radius 1 is 1.35 bits per heavy atom. The van der Waals surface area contributed by atoms with Crippen molar-refractivity contribution in [2.45, 2.75) is 38.3 Å². The van der Waals surface area contributed by atoms with Crippen LogP contribution in [0, 0.1) is 5.92 Å². The van der Waals surface area contributed by atoms with E-state index in [1.54, 1.807) is 11.3 Å². The normalized spacial score (nSPS) is 21.9. The largest absolute Gasteiger partial charge is 0.376 e. The van der Waals surface area contributed by atoms with E-state index in [1.807, 2.05) is 17.5 Å². The van der Waals surface area contributed by atoms with E-state index in [1.165, 1.54) is 0 Å². The van der Waals surface area contributed by atoms with Gasteiger partial charge in [-0.05, 0) is 50.2 Å². The number of aromatic nitrogens is 2. The molecular formula is C18H24N4O3S. The number of carbonyl (C=O) groups excluding carboxylic acids is 1. The average Bonchev–Trinajstić information content (AvgIpc) is 3.41. The van der Waals surface area contributed by atoms with Crippen molar-refractivity contribution in [2.24, 2.45) is 5.92 Å². The van der Waals surface area contributed by atoms with Crippen LogP contribution in [0.3, 0.4) is 0 Å². The van der Waals surface area contributed by atoms with Gasteiger partial charge in [0.1, 0.15) is 0 Å². The van der Waals surface area contributed by atoms with Crippen molar-refractivity contribution in [1.29, 1.82) is 0 Å². The number of thiophene rings is 1. The molecule has 2 saturated heterocycles. The van der Waals surface area contributed by atoms with Gasteiger partial charge in [-0.3, -0.25) is 9.69 Å². The van der Waals surface area contributed by atoms with Crippen LogP contribution in [-0.4, -0.2) is 53.3 Å². The quantitative estimate of drug-likeness (QED) is 0.833. The number of hydrogen-bond acceptors (Lipinski definition) is 7. The number of ether oxygens (including phenoxy) is 1. The van der Waals surface area contributed by atoms with E-state index in [0.717, 1.165) is 50.3 Å². The number of hydrogen-bond donors (Lipinski definition) is 1. The monoisotopic (exact) mass is 376 g/mol. The molecule has 0 spiro atoms. The maximum absolute atomic E-state index is 12.3. The maximum atomic E-state index is 12.3. The molecule has 8 heteroatoms. The summed E-state index contributed by atoms with van der Waals surface area (Å²) < 4.78 is 10.9. The molecule has 1 unspecified atom stereocenters. The molecule has 140 valence electrons. The van der Waals surface area contributed by atoms with Crippen LogP contribution in [0.25, 0.3) is 10.7 Å². The fourth-order valence-corrected chi connectivity index (χ4v) is 4.18. The summed E-state index contributed by atoms with van der Waals surface area (Å²) in [6.45, 7) is 3.85. The summed E-state index contributed by atoms with van der Waals surface area (Å²) in [4.78, 5) is 20.1. The van der Waals surface area contributed by atoms with Crippen LogP contribution < -0.4 is 5.32 Å². The van der Waals surface area contributed by atoms with E-state index >= 15 is 0 Å². The lowest BCUT2D eigenvalue weighted by molar-refractivity contribution is -0.127. The van der Waals surface area contributed by atoms with Crippen LogP contribution in [0.4, 0.5) is 0 Å². The number of carbonyl (C=O) groups is 1. The van der Waals surface area contributed by atoms with Gasteiger partial charge >= 0.3 is 0 Å². The van der Waals surface area contributed by atoms with Crippen molar-refractivity contribution < 1.29 is 14.1 Å². The highest BCUT2D eigenvalue weighted by atomic mass is 32.1. The van der Waals surface area contributed by atoms with Crippen LogP contribution in [0.2, 0.25) is 0 Å². The van der Waals surface area contributed by atoms with Gasteiger partial charge in [-0.1, -0.05) is 11.2 Å². The van der Waals surface area contributed by atoms with Crippen LogP contribution in [0.5, 0.6) is 0 Å². The van der Waals surface area contributed by atoms with Crippen LogP contribution >= 0.6 is 11.3 Å². The molecule has 4 rings (SSSR count). The van der Waals surface area contributed by atoms with Gasteiger partial charge in [-0.25, -0.2) is 0 Å². The first-order valence-corrected chi connectivity index (χ1v) is 10.1. The van der Waals surface area contributed by atoms with Crippen molar-refractivity contribution in [3.05, 3.63) is 23.4 Å². The van der Waals surface area contributed by atoms with Crippen LogP contribution in [-0.2, 0) is 16.1 Å². The molecule has 0 bridgehead atoms. The zero-order valence-electron chi connectivity index (χ0n) is 14.7. The predicted octanol–water partition coefficient (Wildman–Crippen LogP) is 2.31. The predicted molar refractivity (Wildman–Crippen MR) is 97.6 cm³/mol. The summed E-state index contributed by atoms with van der Waals surface area (Å²) in [7, 11) is 0. The van der Waals surface area contributed by atoms with Gasteiger partial charge in [0.05, 0.1) is 17.5 Å². The molecule has 7 nitrogen and oxygen atoms in total. The van der Waals surface area contributed by atoms with Crippen molar-refractivity contribution in [2.75, 3.05) is 26.2 Å². The SMILES string of the molecule is O=C(NCC1CCCO1)C1CCN(Cc2nc(-c3cccs3)no2)CC1.